The summed E-state index contributed by atoms with van der Waals surface area (Å²) in [5.74, 6) is 2.31. The first-order valence-electron chi connectivity index (χ1n) is 48.7. The molecule has 1 aliphatic carbocycles. The molecule has 20 unspecified atom stereocenters. The standard InChI is InChI=1S/C12H24O2.C11H20O4.C11H24O2.C10H18O4.C10H20O3.2C10H22O2.C9H20O2.C8H18O3.C8H20O2Si.20CH4/c1-4-10(2)11(14-13)12(3)8-6-5-7-9-12;1-4-8(2)10(15-13)11(3)5-6-14-9(12)7-11;1-7-10(3,4)9(13-12)11(5,6)8-2;1-4-7(2)8(14-12)10(3)5-6-13-9(10)11;1-3-8(2)10(13-11)9-6-4-5-7-12-9;1-7-10(5,6)8(12-11)9(2,3)4;1-6-8(3)9(12-11)10(4,5)7-2;1-6-7(2)8(11-10)9(3,4)5;1-4-7(3)8(11-9)6-10-5-2;1-6-7(2)8(10-9)11(3,4)5;;;;;;;;;;;;;;;;;;;;/h10-11,13H,4-9H2,1-3H3;8,10,13H,4-7H2,1-3H3;9,12H,7-8H2,1-6H3;7-8,12H,4-6H2,1-3H3;8-11H,3-7H2,1-2H3;8,11H,7H2,1-6H3;8-9,11H,6-7H2,1-5H3;7-8,10H,6H2,1-5H3;7-9H,4-6H2,1-3H3;7-9H,6H2,1-5H3;20*1H4. The van der Waals surface area contributed by atoms with Crippen LogP contribution in [0, 0.1) is 96.1 Å². The Morgan fingerprint density at radius 1 is 0.336 bits per heavy atom. The number of ether oxygens (including phenoxy) is 4. The molecule has 0 aromatic carbocycles. The molecule has 3 heterocycles. The van der Waals surface area contributed by atoms with Gasteiger partial charge >= 0.3 is 11.9 Å². The van der Waals surface area contributed by atoms with Crippen LogP contribution in [0.3, 0.4) is 0 Å². The minimum Gasteiger partial charge on any atom is -0.466 e. The van der Waals surface area contributed by atoms with E-state index in [4.69, 9.17) is 76.4 Å². The third-order valence-corrected chi connectivity index (χ3v) is 30.9. The van der Waals surface area contributed by atoms with Gasteiger partial charge in [0.15, 0.2) is 0 Å². The minimum atomic E-state index is -1.34. The average molecular weight is 2160 g/mol. The van der Waals surface area contributed by atoms with Crippen LogP contribution in [0.1, 0.15) is 559 Å². The van der Waals surface area contributed by atoms with Crippen molar-refractivity contribution < 1.29 is 130 Å². The van der Waals surface area contributed by atoms with E-state index in [1.807, 2.05) is 48.5 Å². The average Bonchev–Trinajstić information content (AvgIpc) is 1.59. The molecule has 3 saturated heterocycles. The SMILES string of the molecule is C.C.C.C.C.C.C.C.C.C.C.C.C.C.C.C.C.C.C.C.CCC(C)(C)C(OO)C(C)(C)C.CCC(C)(C)C(OO)C(C)(C)CC.CCC(C)C(OO)C(C)(C)C.CCC(C)C(OO)C(C)(C)CC.CCC(C)C(OO)C1(C)CCCCC1.CCC(C)C(OO)C1(C)CCOC(=O)C1.CCC(C)C(OO)C1(C)CCOC1=O.CCC(C)C(OO)C1CCCCO1.CCC(C)C(OO)[Si](C)(C)C.CCOCC(OO)C(C)CC. The normalized spacial score (nSPS) is 19.1. The van der Waals surface area contributed by atoms with Crippen molar-refractivity contribution in [2.75, 3.05) is 33.0 Å². The van der Waals surface area contributed by atoms with Crippen LogP contribution >= 0.6 is 0 Å². The Morgan fingerprint density at radius 3 is 0.918 bits per heavy atom. The third kappa shape index (κ3) is 79.3. The van der Waals surface area contributed by atoms with E-state index in [1.54, 1.807) is 6.92 Å². The molecule has 3 aliphatic heterocycles. The number of cyclic esters (lactones) is 2. The summed E-state index contributed by atoms with van der Waals surface area (Å²) in [5, 5.41) is 88.1. The predicted molar refractivity (Wildman–Crippen MR) is 647 cm³/mol. The molecule has 20 atom stereocenters. The Balaban J connectivity index is -0.0000000450. The molecule has 1 saturated carbocycles. The van der Waals surface area contributed by atoms with Crippen LogP contribution in [0.15, 0.2) is 0 Å². The Kier molecular flexibility index (Phi) is 158. The second-order valence-electron chi connectivity index (χ2n) is 43.8. The van der Waals surface area contributed by atoms with Crippen LogP contribution in [0.4, 0.5) is 0 Å². The lowest BCUT2D eigenvalue weighted by molar-refractivity contribution is -0.326. The Hall–Kier alpha value is -1.72. The summed E-state index contributed by atoms with van der Waals surface area (Å²) in [6.07, 6.45) is 22.0. The topological polar surface area (TPSA) is 366 Å². The highest BCUT2D eigenvalue weighted by Crippen LogP contribution is 2.46. The van der Waals surface area contributed by atoms with E-state index < -0.39 is 19.6 Å². The van der Waals surface area contributed by atoms with Gasteiger partial charge in [-0.25, -0.2) is 48.9 Å². The Bertz CT molecular complexity index is 2530. The fourth-order valence-corrected chi connectivity index (χ4v) is 19.3. The molecule has 10 N–H and O–H groups in total. The highest BCUT2D eigenvalue weighted by Gasteiger charge is 2.50. The highest BCUT2D eigenvalue weighted by molar-refractivity contribution is 6.77. The monoisotopic (exact) mass is 2160 g/mol. The van der Waals surface area contributed by atoms with Crippen molar-refractivity contribution >= 4 is 20.0 Å². The number of carbonyl (C=O) groups is 2. The van der Waals surface area contributed by atoms with Crippen LogP contribution in [0.5, 0.6) is 0 Å². The molecule has 0 bridgehead atoms. The van der Waals surface area contributed by atoms with Crippen molar-refractivity contribution in [2.45, 2.75) is 646 Å². The summed E-state index contributed by atoms with van der Waals surface area (Å²) in [6, 6.07) is 0. The predicted octanol–water partition coefficient (Wildman–Crippen LogP) is 41.1. The van der Waals surface area contributed by atoms with Crippen LogP contribution in [0.25, 0.3) is 0 Å². The zero-order valence-electron chi connectivity index (χ0n) is 88.8. The fraction of sp³-hybridized carbons (Fsp3) is 0.983. The lowest BCUT2D eigenvalue weighted by atomic mass is 9.68. The van der Waals surface area contributed by atoms with Crippen molar-refractivity contribution in [3.63, 3.8) is 0 Å². The van der Waals surface area contributed by atoms with Crippen LogP contribution in [0.2, 0.25) is 19.6 Å². The third-order valence-electron chi connectivity index (χ3n) is 28.5. The zero-order chi connectivity index (χ0) is 99.8. The molecule has 0 aromatic rings. The van der Waals surface area contributed by atoms with E-state index in [9.17, 15) is 9.59 Å². The molecular formula is C119H288O26Si. The molecule has 4 rings (SSSR count). The van der Waals surface area contributed by atoms with Gasteiger partial charge in [0, 0.05) is 25.0 Å². The van der Waals surface area contributed by atoms with Crippen molar-refractivity contribution in [1.82, 2.24) is 0 Å². The van der Waals surface area contributed by atoms with Crippen molar-refractivity contribution in [1.29, 1.82) is 0 Å². The maximum Gasteiger partial charge on any atom is 0.314 e. The molecule has 0 aromatic heterocycles. The van der Waals surface area contributed by atoms with Crippen LogP contribution in [-0.4, -0.2) is 172 Å². The van der Waals surface area contributed by atoms with Gasteiger partial charge in [-0.1, -0.05) is 488 Å². The largest absolute Gasteiger partial charge is 0.466 e. The second-order valence-corrected chi connectivity index (χ2v) is 49.1. The molecule has 924 valence electrons. The summed E-state index contributed by atoms with van der Waals surface area (Å²) < 4.78 is 20.5. The number of carbonyl (C=O) groups excluding carboxylic acids is 2. The quantitative estimate of drug-likeness (QED) is 0.0117. The number of rotatable bonds is 42. The first-order chi connectivity index (χ1) is 58.2. The van der Waals surface area contributed by atoms with Gasteiger partial charge in [-0.05, 0) is 163 Å². The summed E-state index contributed by atoms with van der Waals surface area (Å²) in [5.41, 5.74) is -0.600. The second kappa shape index (κ2) is 109. The van der Waals surface area contributed by atoms with E-state index in [0.717, 1.165) is 103 Å². The van der Waals surface area contributed by atoms with Gasteiger partial charge in [0.1, 0.15) is 54.9 Å². The molecular weight excluding hydrogens is 1870 g/mol. The molecule has 146 heavy (non-hydrogen) atoms. The number of hydrogen-bond donors (Lipinski definition) is 10. The van der Waals surface area contributed by atoms with Crippen LogP contribution < -0.4 is 0 Å². The number of hydrogen-bond acceptors (Lipinski definition) is 26. The van der Waals surface area contributed by atoms with E-state index >= 15 is 0 Å². The van der Waals surface area contributed by atoms with Crippen molar-refractivity contribution in [3.8, 4) is 0 Å². The molecule has 27 heteroatoms. The Morgan fingerprint density at radius 2 is 0.678 bits per heavy atom. The van der Waals surface area contributed by atoms with Crippen molar-refractivity contribution in [2.24, 2.45) is 96.1 Å². The van der Waals surface area contributed by atoms with Gasteiger partial charge in [-0.2, -0.15) is 0 Å². The molecule has 4 fully saturated rings. The van der Waals surface area contributed by atoms with Gasteiger partial charge in [0.25, 0.3) is 0 Å². The molecule has 0 radical (unpaired) electrons. The maximum absolute atomic E-state index is 11.5. The van der Waals surface area contributed by atoms with Gasteiger partial charge < -0.3 is 18.9 Å². The summed E-state index contributed by atoms with van der Waals surface area (Å²) in [4.78, 5) is 68.1. The van der Waals surface area contributed by atoms with Gasteiger partial charge in [-0.3, -0.25) is 62.2 Å². The van der Waals surface area contributed by atoms with Gasteiger partial charge in [0.05, 0.1) is 51.6 Å². The first-order valence-corrected chi connectivity index (χ1v) is 52.3. The highest BCUT2D eigenvalue weighted by atomic mass is 28.3. The van der Waals surface area contributed by atoms with Crippen LogP contribution in [-0.2, 0) is 77.4 Å². The van der Waals surface area contributed by atoms with E-state index in [2.05, 4.69) is 271 Å². The van der Waals surface area contributed by atoms with E-state index in [-0.39, 0.29) is 276 Å². The van der Waals surface area contributed by atoms with E-state index in [1.165, 1.54) is 38.5 Å². The lowest BCUT2D eigenvalue weighted by Crippen LogP contribution is -2.44. The maximum atomic E-state index is 11.5. The molecule has 26 nitrogen and oxygen atoms in total. The lowest BCUT2D eigenvalue weighted by Gasteiger charge is -2.41. The smallest absolute Gasteiger partial charge is 0.314 e. The fourth-order valence-electron chi connectivity index (χ4n) is 17.0. The summed E-state index contributed by atoms with van der Waals surface area (Å²) in [6.45, 7) is 88.5. The minimum absolute atomic E-state index is 0. The summed E-state index contributed by atoms with van der Waals surface area (Å²) in [7, 11) is -1.34. The summed E-state index contributed by atoms with van der Waals surface area (Å²) >= 11 is 0. The molecule has 0 spiro atoms. The zero-order valence-corrected chi connectivity index (χ0v) is 89.8. The first kappa shape index (κ1) is 212. The Labute approximate surface area is 919 Å². The molecule has 4 aliphatic rings. The van der Waals surface area contributed by atoms with Crippen molar-refractivity contribution in [3.05, 3.63) is 0 Å². The van der Waals surface area contributed by atoms with Gasteiger partial charge in [0.2, 0.25) is 0 Å². The van der Waals surface area contributed by atoms with E-state index in [0.29, 0.717) is 74.8 Å². The molecule has 0 amide bonds. The number of esters is 2. The van der Waals surface area contributed by atoms with Gasteiger partial charge in [-0.15, -0.1) is 0 Å².